The van der Waals surface area contributed by atoms with Crippen molar-refractivity contribution in [3.63, 3.8) is 0 Å². The Morgan fingerprint density at radius 3 is 2.60 bits per heavy atom. The van der Waals surface area contributed by atoms with Crippen LogP contribution in [0.4, 0.5) is 0 Å². The summed E-state index contributed by atoms with van der Waals surface area (Å²) in [6, 6.07) is 3.74. The summed E-state index contributed by atoms with van der Waals surface area (Å²) < 4.78 is 8.19. The highest BCUT2D eigenvalue weighted by Gasteiger charge is 2.24. The van der Waals surface area contributed by atoms with E-state index in [1.54, 1.807) is 19.5 Å². The average Bonchev–Trinajstić information content (AvgIpc) is 2.86. The molecule has 0 aliphatic heterocycles. The first-order valence-electron chi connectivity index (χ1n) is 6.27. The van der Waals surface area contributed by atoms with Crippen molar-refractivity contribution in [1.29, 1.82) is 0 Å². The fourth-order valence-corrected chi connectivity index (χ4v) is 2.30. The lowest BCUT2D eigenvalue weighted by molar-refractivity contribution is 0.393. The number of aromatic nitrogens is 3. The van der Waals surface area contributed by atoms with Crippen molar-refractivity contribution in [2.24, 2.45) is 5.84 Å². The summed E-state index contributed by atoms with van der Waals surface area (Å²) in [5, 5.41) is 4.36. The molecule has 3 N–H and O–H groups in total. The zero-order chi connectivity index (χ0) is 14.7. The maximum Gasteiger partial charge on any atom is 0.162 e. The minimum atomic E-state index is -0.289. The number of nitrogens with two attached hydrogens (primary N) is 1. The van der Waals surface area contributed by atoms with Gasteiger partial charge in [-0.15, -0.1) is 0 Å². The molecule has 0 saturated carbocycles. The molecule has 0 bridgehead atoms. The highest BCUT2D eigenvalue weighted by atomic mass is 79.9. The number of rotatable bonds is 5. The van der Waals surface area contributed by atoms with E-state index >= 15 is 0 Å². The molecule has 1 unspecified atom stereocenters. The van der Waals surface area contributed by atoms with Crippen LogP contribution < -0.4 is 16.0 Å². The summed E-state index contributed by atoms with van der Waals surface area (Å²) in [7, 11) is 1.62. The van der Waals surface area contributed by atoms with Gasteiger partial charge in [0, 0.05) is 16.7 Å². The number of halogens is 1. The van der Waals surface area contributed by atoms with Crippen molar-refractivity contribution < 1.29 is 4.74 Å². The van der Waals surface area contributed by atoms with Gasteiger partial charge in [0.1, 0.15) is 11.7 Å². The van der Waals surface area contributed by atoms with Crippen LogP contribution in [0.15, 0.2) is 29.0 Å². The van der Waals surface area contributed by atoms with Crippen molar-refractivity contribution >= 4 is 15.9 Å². The van der Waals surface area contributed by atoms with Crippen molar-refractivity contribution in [1.82, 2.24) is 20.2 Å². The van der Waals surface area contributed by atoms with E-state index in [9.17, 15) is 0 Å². The average molecular weight is 340 g/mol. The first kappa shape index (κ1) is 15.0. The second-order valence-corrected chi connectivity index (χ2v) is 5.55. The monoisotopic (exact) mass is 339 g/mol. The zero-order valence-electron chi connectivity index (χ0n) is 11.7. The van der Waals surface area contributed by atoms with Crippen LogP contribution in [0.5, 0.6) is 5.75 Å². The number of pyridine rings is 1. The number of nitrogens with zero attached hydrogens (tertiary/aromatic N) is 3. The summed E-state index contributed by atoms with van der Waals surface area (Å²) in [4.78, 5) is 4.40. The van der Waals surface area contributed by atoms with E-state index in [4.69, 9.17) is 10.6 Å². The Morgan fingerprint density at radius 1 is 1.35 bits per heavy atom. The molecule has 0 aromatic carbocycles. The van der Waals surface area contributed by atoms with Crippen molar-refractivity contribution in [2.45, 2.75) is 25.9 Å². The number of ether oxygens (including phenoxy) is 1. The molecule has 0 amide bonds. The molecule has 0 radical (unpaired) electrons. The number of hydrogen-bond acceptors (Lipinski definition) is 5. The maximum absolute atomic E-state index is 5.73. The molecule has 2 heterocycles. The molecule has 2 aromatic heterocycles. The third-order valence-corrected chi connectivity index (χ3v) is 3.46. The molecule has 20 heavy (non-hydrogen) atoms. The van der Waals surface area contributed by atoms with Crippen LogP contribution in [0, 0.1) is 0 Å². The predicted octanol–water partition coefficient (Wildman–Crippen LogP) is 2.18. The van der Waals surface area contributed by atoms with Crippen LogP contribution in [-0.2, 0) is 0 Å². The molecule has 6 nitrogen and oxygen atoms in total. The summed E-state index contributed by atoms with van der Waals surface area (Å²) in [6.45, 7) is 4.11. The van der Waals surface area contributed by atoms with Crippen LogP contribution in [0.2, 0.25) is 0 Å². The van der Waals surface area contributed by atoms with Gasteiger partial charge in [-0.2, -0.15) is 5.10 Å². The summed E-state index contributed by atoms with van der Waals surface area (Å²) >= 11 is 3.37. The Balaban J connectivity index is 2.50. The van der Waals surface area contributed by atoms with Crippen LogP contribution >= 0.6 is 15.9 Å². The Labute approximate surface area is 126 Å². The van der Waals surface area contributed by atoms with Crippen LogP contribution in [0.25, 0.3) is 0 Å². The van der Waals surface area contributed by atoms with Crippen molar-refractivity contribution in [3.05, 3.63) is 40.4 Å². The summed E-state index contributed by atoms with van der Waals surface area (Å²) in [6.07, 6.45) is 3.43. The molecule has 2 rings (SSSR count). The first-order chi connectivity index (χ1) is 9.58. The van der Waals surface area contributed by atoms with Crippen LogP contribution in [0.1, 0.15) is 37.3 Å². The van der Waals surface area contributed by atoms with Gasteiger partial charge in [0.2, 0.25) is 0 Å². The van der Waals surface area contributed by atoms with Gasteiger partial charge in [0.05, 0.1) is 19.0 Å². The van der Waals surface area contributed by atoms with Gasteiger partial charge in [0.15, 0.2) is 5.75 Å². The molecule has 1 atom stereocenters. The van der Waals surface area contributed by atoms with E-state index in [1.807, 2.05) is 16.8 Å². The number of hydrazine groups is 1. The molecular formula is C13H18BrN5O. The molecule has 0 fully saturated rings. The van der Waals surface area contributed by atoms with E-state index in [-0.39, 0.29) is 12.1 Å². The Hall–Kier alpha value is -1.44. The molecule has 0 saturated heterocycles. The molecule has 0 spiro atoms. The zero-order valence-corrected chi connectivity index (χ0v) is 13.3. The number of hydrogen-bond donors (Lipinski definition) is 2. The van der Waals surface area contributed by atoms with Gasteiger partial charge in [-0.1, -0.05) is 0 Å². The molecular weight excluding hydrogens is 322 g/mol. The van der Waals surface area contributed by atoms with E-state index in [2.05, 4.69) is 45.3 Å². The van der Waals surface area contributed by atoms with Crippen LogP contribution in [-0.4, -0.2) is 21.9 Å². The van der Waals surface area contributed by atoms with E-state index in [0.717, 1.165) is 15.9 Å². The lowest BCUT2D eigenvalue weighted by Crippen LogP contribution is -2.32. The normalized spacial score (nSPS) is 12.7. The second-order valence-electron chi connectivity index (χ2n) is 4.64. The molecule has 0 aliphatic carbocycles. The quantitative estimate of drug-likeness (QED) is 0.644. The molecule has 2 aromatic rings. The highest BCUT2D eigenvalue weighted by Crippen LogP contribution is 2.30. The van der Waals surface area contributed by atoms with Gasteiger partial charge in [0.25, 0.3) is 0 Å². The lowest BCUT2D eigenvalue weighted by atomic mass is 10.1. The molecule has 7 heteroatoms. The maximum atomic E-state index is 5.73. The minimum absolute atomic E-state index is 0.195. The Morgan fingerprint density at radius 2 is 2.10 bits per heavy atom. The third kappa shape index (κ3) is 2.84. The van der Waals surface area contributed by atoms with Gasteiger partial charge in [-0.3, -0.25) is 15.5 Å². The SMILES string of the molecule is COc1cnn(C(C)C)c1C(NN)c1ccc(Br)cn1. The van der Waals surface area contributed by atoms with E-state index in [0.29, 0.717) is 5.75 Å². The van der Waals surface area contributed by atoms with E-state index < -0.39 is 0 Å². The fourth-order valence-electron chi connectivity index (χ4n) is 2.06. The molecule has 108 valence electrons. The standard InChI is InChI=1S/C13H18BrN5O/c1-8(2)19-13(11(20-3)7-17-19)12(18-15)10-5-4-9(14)6-16-10/h4-8,12,18H,15H2,1-3H3. The first-order valence-corrected chi connectivity index (χ1v) is 7.06. The summed E-state index contributed by atoms with van der Waals surface area (Å²) in [5.74, 6) is 6.41. The van der Waals surface area contributed by atoms with Gasteiger partial charge in [-0.25, -0.2) is 5.43 Å². The van der Waals surface area contributed by atoms with Gasteiger partial charge in [-0.05, 0) is 41.9 Å². The van der Waals surface area contributed by atoms with Crippen molar-refractivity contribution in [3.8, 4) is 5.75 Å². The van der Waals surface area contributed by atoms with Crippen molar-refractivity contribution in [2.75, 3.05) is 7.11 Å². The topological polar surface area (TPSA) is 78.0 Å². The minimum Gasteiger partial charge on any atom is -0.493 e. The lowest BCUT2D eigenvalue weighted by Gasteiger charge is -2.20. The number of methoxy groups -OCH3 is 1. The van der Waals surface area contributed by atoms with Gasteiger partial charge >= 0.3 is 0 Å². The Bertz CT molecular complexity index is 567. The highest BCUT2D eigenvalue weighted by molar-refractivity contribution is 9.10. The number of nitrogens with one attached hydrogen (secondary N) is 1. The fraction of sp³-hybridized carbons (Fsp3) is 0.385. The third-order valence-electron chi connectivity index (χ3n) is 2.99. The Kier molecular flexibility index (Phi) is 4.74. The van der Waals surface area contributed by atoms with Gasteiger partial charge < -0.3 is 4.74 Å². The van der Waals surface area contributed by atoms with E-state index in [1.165, 1.54) is 0 Å². The predicted molar refractivity (Wildman–Crippen MR) is 80.3 cm³/mol. The molecule has 0 aliphatic rings. The smallest absolute Gasteiger partial charge is 0.162 e. The van der Waals surface area contributed by atoms with Crippen LogP contribution in [0.3, 0.4) is 0 Å². The largest absolute Gasteiger partial charge is 0.493 e. The second kappa shape index (κ2) is 6.34. The summed E-state index contributed by atoms with van der Waals surface area (Å²) in [5.41, 5.74) is 4.45.